The standard InChI is InChI=1S/C18H23N3O4S/c1-14-4-2-6-16(12-14)25-11-8-18(22)21-15-5-3-7-17(13-15)26(23,24)20-10-9-19/h2-7,12-13,20H,8-11,19H2,1H3,(H,21,22). The Balaban J connectivity index is 1.89. The van der Waals surface area contributed by atoms with E-state index >= 15 is 0 Å². The fourth-order valence-electron chi connectivity index (χ4n) is 2.21. The molecular formula is C18H23N3O4S. The molecular weight excluding hydrogens is 354 g/mol. The summed E-state index contributed by atoms with van der Waals surface area (Å²) in [5, 5.41) is 2.67. The molecule has 8 heteroatoms. The summed E-state index contributed by atoms with van der Waals surface area (Å²) in [6, 6.07) is 13.6. The Bertz CT molecular complexity index is 853. The lowest BCUT2D eigenvalue weighted by atomic mass is 10.2. The monoisotopic (exact) mass is 377 g/mol. The van der Waals surface area contributed by atoms with E-state index in [4.69, 9.17) is 10.5 Å². The summed E-state index contributed by atoms with van der Waals surface area (Å²) in [6.07, 6.45) is 0.149. The highest BCUT2D eigenvalue weighted by Gasteiger charge is 2.14. The summed E-state index contributed by atoms with van der Waals surface area (Å²) in [6.45, 7) is 2.54. The minimum Gasteiger partial charge on any atom is -0.493 e. The van der Waals surface area contributed by atoms with Crippen molar-refractivity contribution in [2.75, 3.05) is 25.0 Å². The number of carbonyl (C=O) groups is 1. The lowest BCUT2D eigenvalue weighted by Crippen LogP contribution is -2.29. The van der Waals surface area contributed by atoms with Crippen LogP contribution in [-0.4, -0.2) is 34.0 Å². The number of benzene rings is 2. The predicted molar refractivity (Wildman–Crippen MR) is 101 cm³/mol. The van der Waals surface area contributed by atoms with Crippen molar-refractivity contribution in [3.8, 4) is 5.75 Å². The Kier molecular flexibility index (Phi) is 7.14. The summed E-state index contributed by atoms with van der Waals surface area (Å²) in [7, 11) is -3.64. The zero-order valence-corrected chi connectivity index (χ0v) is 15.4. The van der Waals surface area contributed by atoms with Gasteiger partial charge >= 0.3 is 0 Å². The van der Waals surface area contributed by atoms with Crippen molar-refractivity contribution < 1.29 is 17.9 Å². The number of ether oxygens (including phenoxy) is 1. The van der Waals surface area contributed by atoms with Crippen molar-refractivity contribution in [1.82, 2.24) is 4.72 Å². The van der Waals surface area contributed by atoms with Crippen molar-refractivity contribution in [1.29, 1.82) is 0 Å². The fraction of sp³-hybridized carbons (Fsp3) is 0.278. The Hall–Kier alpha value is -2.42. The van der Waals surface area contributed by atoms with Crippen LogP contribution in [0.3, 0.4) is 0 Å². The zero-order valence-electron chi connectivity index (χ0n) is 14.6. The van der Waals surface area contributed by atoms with Gasteiger partial charge in [0.25, 0.3) is 0 Å². The molecule has 0 saturated carbocycles. The Morgan fingerprint density at radius 3 is 2.65 bits per heavy atom. The highest BCUT2D eigenvalue weighted by Crippen LogP contribution is 2.16. The number of anilines is 1. The first-order valence-corrected chi connectivity index (χ1v) is 9.68. The minimum atomic E-state index is -3.64. The smallest absolute Gasteiger partial charge is 0.240 e. The lowest BCUT2D eigenvalue weighted by Gasteiger charge is -2.10. The molecule has 0 bridgehead atoms. The van der Waals surface area contributed by atoms with Gasteiger partial charge in [0.15, 0.2) is 0 Å². The first-order chi connectivity index (χ1) is 12.4. The second-order valence-electron chi connectivity index (χ2n) is 5.68. The second-order valence-corrected chi connectivity index (χ2v) is 7.44. The Labute approximate surface area is 153 Å². The van der Waals surface area contributed by atoms with E-state index in [1.165, 1.54) is 12.1 Å². The Morgan fingerprint density at radius 2 is 1.92 bits per heavy atom. The molecule has 0 spiro atoms. The Morgan fingerprint density at radius 1 is 1.15 bits per heavy atom. The van der Waals surface area contributed by atoms with Crippen molar-refractivity contribution >= 4 is 21.6 Å². The van der Waals surface area contributed by atoms with Crippen LogP contribution in [0.5, 0.6) is 5.75 Å². The van der Waals surface area contributed by atoms with Gasteiger partial charge in [0.05, 0.1) is 17.9 Å². The molecule has 26 heavy (non-hydrogen) atoms. The number of hydrogen-bond donors (Lipinski definition) is 3. The molecule has 0 unspecified atom stereocenters. The highest BCUT2D eigenvalue weighted by molar-refractivity contribution is 7.89. The van der Waals surface area contributed by atoms with Crippen molar-refractivity contribution in [2.24, 2.45) is 5.73 Å². The van der Waals surface area contributed by atoms with Crippen LogP contribution in [0.25, 0.3) is 0 Å². The zero-order chi connectivity index (χ0) is 19.0. The fourth-order valence-corrected chi connectivity index (χ4v) is 3.30. The number of rotatable bonds is 9. The lowest BCUT2D eigenvalue weighted by molar-refractivity contribution is -0.116. The normalized spacial score (nSPS) is 11.2. The molecule has 0 saturated heterocycles. The molecule has 2 rings (SSSR count). The first-order valence-electron chi connectivity index (χ1n) is 8.20. The molecule has 1 amide bonds. The molecule has 2 aromatic rings. The van der Waals surface area contributed by atoms with Gasteiger partial charge in [0, 0.05) is 18.8 Å². The number of carbonyl (C=O) groups excluding carboxylic acids is 1. The van der Waals surface area contributed by atoms with E-state index in [9.17, 15) is 13.2 Å². The van der Waals surface area contributed by atoms with E-state index in [0.717, 1.165) is 5.56 Å². The molecule has 0 atom stereocenters. The van der Waals surface area contributed by atoms with Gasteiger partial charge in [-0.15, -0.1) is 0 Å². The van der Waals surface area contributed by atoms with E-state index < -0.39 is 10.0 Å². The number of aryl methyl sites for hydroxylation is 1. The molecule has 4 N–H and O–H groups in total. The van der Waals surface area contributed by atoms with Crippen LogP contribution in [0.15, 0.2) is 53.4 Å². The summed E-state index contributed by atoms with van der Waals surface area (Å²) in [5.74, 6) is 0.444. The molecule has 0 heterocycles. The van der Waals surface area contributed by atoms with E-state index in [2.05, 4.69) is 10.0 Å². The number of amides is 1. The van der Waals surface area contributed by atoms with E-state index in [-0.39, 0.29) is 36.9 Å². The number of nitrogens with two attached hydrogens (primary N) is 1. The topological polar surface area (TPSA) is 111 Å². The maximum absolute atomic E-state index is 12.1. The van der Waals surface area contributed by atoms with E-state index in [0.29, 0.717) is 11.4 Å². The number of nitrogens with one attached hydrogen (secondary N) is 2. The third-order valence-corrected chi connectivity index (χ3v) is 4.91. The number of sulfonamides is 1. The van der Waals surface area contributed by atoms with Crippen molar-refractivity contribution in [2.45, 2.75) is 18.2 Å². The predicted octanol–water partition coefficient (Wildman–Crippen LogP) is 1.64. The van der Waals surface area contributed by atoms with Crippen molar-refractivity contribution in [3.63, 3.8) is 0 Å². The van der Waals surface area contributed by atoms with E-state index in [1.54, 1.807) is 12.1 Å². The van der Waals surface area contributed by atoms with Gasteiger partial charge in [-0.1, -0.05) is 18.2 Å². The summed E-state index contributed by atoms with van der Waals surface area (Å²) in [4.78, 5) is 12.1. The minimum absolute atomic E-state index is 0.0692. The molecule has 2 aromatic carbocycles. The van der Waals surface area contributed by atoms with Gasteiger partial charge in [0.2, 0.25) is 15.9 Å². The van der Waals surface area contributed by atoms with Crippen LogP contribution in [0.1, 0.15) is 12.0 Å². The third-order valence-electron chi connectivity index (χ3n) is 3.45. The third kappa shape index (κ3) is 6.14. The molecule has 0 radical (unpaired) electrons. The van der Waals surface area contributed by atoms with Gasteiger partial charge in [-0.3, -0.25) is 4.79 Å². The SMILES string of the molecule is Cc1cccc(OCCC(=O)Nc2cccc(S(=O)(=O)NCCN)c2)c1. The second kappa shape index (κ2) is 9.33. The van der Waals surface area contributed by atoms with Gasteiger partial charge in [0.1, 0.15) is 5.75 Å². The van der Waals surface area contributed by atoms with Gasteiger partial charge < -0.3 is 15.8 Å². The first kappa shape index (κ1) is 19.9. The van der Waals surface area contributed by atoms with Gasteiger partial charge in [-0.05, 0) is 42.8 Å². The molecule has 0 fully saturated rings. The maximum Gasteiger partial charge on any atom is 0.240 e. The van der Waals surface area contributed by atoms with Crippen LogP contribution in [0, 0.1) is 6.92 Å². The van der Waals surface area contributed by atoms with E-state index in [1.807, 2.05) is 31.2 Å². The highest BCUT2D eigenvalue weighted by atomic mass is 32.2. The van der Waals surface area contributed by atoms with Crippen LogP contribution < -0.4 is 20.5 Å². The summed E-state index contributed by atoms with van der Waals surface area (Å²) < 4.78 is 32.1. The maximum atomic E-state index is 12.1. The quantitative estimate of drug-likeness (QED) is 0.615. The molecule has 0 aliphatic heterocycles. The number of hydrogen-bond acceptors (Lipinski definition) is 5. The average molecular weight is 377 g/mol. The van der Waals surface area contributed by atoms with Crippen LogP contribution >= 0.6 is 0 Å². The van der Waals surface area contributed by atoms with Gasteiger partial charge in [-0.25, -0.2) is 13.1 Å². The largest absolute Gasteiger partial charge is 0.493 e. The van der Waals surface area contributed by atoms with Crippen LogP contribution in [0.2, 0.25) is 0 Å². The van der Waals surface area contributed by atoms with Crippen LogP contribution in [-0.2, 0) is 14.8 Å². The average Bonchev–Trinajstić information content (AvgIpc) is 2.60. The molecule has 7 nitrogen and oxygen atoms in total. The summed E-state index contributed by atoms with van der Waals surface area (Å²) in [5.41, 5.74) is 6.79. The summed E-state index contributed by atoms with van der Waals surface area (Å²) >= 11 is 0. The molecule has 0 aliphatic carbocycles. The van der Waals surface area contributed by atoms with Crippen molar-refractivity contribution in [3.05, 3.63) is 54.1 Å². The molecule has 0 aliphatic rings. The van der Waals surface area contributed by atoms with Crippen LogP contribution in [0.4, 0.5) is 5.69 Å². The molecule has 140 valence electrons. The molecule has 0 aromatic heterocycles. The van der Waals surface area contributed by atoms with Gasteiger partial charge in [-0.2, -0.15) is 0 Å².